The number of nitrogens with zero attached hydrogens (tertiary/aromatic N) is 2. The van der Waals surface area contributed by atoms with Gasteiger partial charge in [0.05, 0.1) is 22.7 Å². The lowest BCUT2D eigenvalue weighted by Crippen LogP contribution is -2.23. The average molecular weight is 793 g/mol. The van der Waals surface area contributed by atoms with E-state index in [1.54, 1.807) is 0 Å². The third kappa shape index (κ3) is 5.79. The van der Waals surface area contributed by atoms with Crippen LogP contribution >= 0.6 is 0 Å². The van der Waals surface area contributed by atoms with Gasteiger partial charge in [0.1, 0.15) is 0 Å². The Morgan fingerprint density at radius 1 is 0.371 bits per heavy atom. The molecule has 0 unspecified atom stereocenters. The third-order valence-corrected chi connectivity index (χ3v) is 13.3. The normalized spacial score (nSPS) is 13.7. The summed E-state index contributed by atoms with van der Waals surface area (Å²) in [5.41, 5.74) is 18.7. The van der Waals surface area contributed by atoms with Crippen molar-refractivity contribution in [3.8, 4) is 22.3 Å². The Hall–Kier alpha value is -7.68. The second-order valence-corrected chi connectivity index (χ2v) is 17.5. The monoisotopic (exact) mass is 792 g/mol. The number of hydrogen-bond acceptors (Lipinski definition) is 2. The van der Waals surface area contributed by atoms with Crippen LogP contribution in [0.3, 0.4) is 0 Å². The Kier molecular flexibility index (Phi) is 8.14. The number of benzene rings is 10. The predicted molar refractivity (Wildman–Crippen MR) is 265 cm³/mol. The highest BCUT2D eigenvalue weighted by atomic mass is 15.3. The van der Waals surface area contributed by atoms with Gasteiger partial charge >= 0.3 is 0 Å². The Bertz CT molecular complexity index is 3420. The highest BCUT2D eigenvalue weighted by Crippen LogP contribution is 2.54. The van der Waals surface area contributed by atoms with E-state index in [-0.39, 0.29) is 5.41 Å². The maximum atomic E-state index is 2.41. The fraction of sp³-hybridized carbons (Fsp3) is 0.0667. The molecule has 12 rings (SSSR count). The number of fused-ring (bicyclic) bond motifs is 9. The van der Waals surface area contributed by atoms with Gasteiger partial charge in [-0.25, -0.2) is 0 Å². The molecular formula is C60H44N2. The number of hydrogen-bond donors (Lipinski definition) is 0. The van der Waals surface area contributed by atoms with Crippen LogP contribution in [0.4, 0.5) is 34.1 Å². The molecule has 0 fully saturated rings. The molecular weight excluding hydrogens is 749 g/mol. The predicted octanol–water partition coefficient (Wildman–Crippen LogP) is 16.9. The van der Waals surface area contributed by atoms with E-state index in [1.165, 1.54) is 82.4 Å². The maximum Gasteiger partial charge on any atom is 0.0703 e. The molecule has 0 saturated heterocycles. The van der Waals surface area contributed by atoms with Crippen molar-refractivity contribution in [3.05, 3.63) is 228 Å². The number of rotatable bonds is 5. The minimum Gasteiger partial charge on any atom is -0.306 e. The lowest BCUT2D eigenvalue weighted by Gasteiger charge is -2.40. The number of para-hydroxylation sites is 5. The molecule has 2 heteroatoms. The molecule has 0 saturated carbocycles. The van der Waals surface area contributed by atoms with Crippen molar-refractivity contribution in [2.45, 2.75) is 26.2 Å². The van der Waals surface area contributed by atoms with Crippen molar-refractivity contribution in [2.24, 2.45) is 0 Å². The Labute approximate surface area is 363 Å². The Balaban J connectivity index is 0.826. The van der Waals surface area contributed by atoms with E-state index in [4.69, 9.17) is 0 Å². The standard InChI is InChI=1S/C60H44N2/c1-39-17-29-52-53-30-21-41(35-55(53)60(2,3)54(52)33-39)19-18-40-20-22-43-36-44(24-23-42(43)34-40)45-27-31-50-46(37-45)25-26-47-38-49(28-32-51(47)50)62-58-15-9-7-13-56(58)61(48-11-5-4-6-12-48)57-14-8-10-16-59(57)62/h4-38H,1-3H3/b19-18+. The van der Waals surface area contributed by atoms with Crippen LogP contribution in [-0.2, 0) is 5.41 Å². The van der Waals surface area contributed by atoms with Gasteiger partial charge in [-0.05, 0) is 150 Å². The zero-order chi connectivity index (χ0) is 41.5. The molecule has 0 radical (unpaired) electrons. The molecule has 1 heterocycles. The summed E-state index contributed by atoms with van der Waals surface area (Å²) in [5, 5.41) is 7.46. The third-order valence-electron chi connectivity index (χ3n) is 13.3. The molecule has 0 spiro atoms. The van der Waals surface area contributed by atoms with Crippen molar-refractivity contribution in [1.29, 1.82) is 0 Å². The first-order valence-electron chi connectivity index (χ1n) is 21.7. The van der Waals surface area contributed by atoms with Gasteiger partial charge < -0.3 is 9.80 Å². The van der Waals surface area contributed by atoms with Gasteiger partial charge in [-0.15, -0.1) is 0 Å². The molecule has 2 nitrogen and oxygen atoms in total. The van der Waals surface area contributed by atoms with E-state index < -0.39 is 0 Å². The summed E-state index contributed by atoms with van der Waals surface area (Å²) in [7, 11) is 0. The first-order chi connectivity index (χ1) is 30.4. The molecule has 0 amide bonds. The summed E-state index contributed by atoms with van der Waals surface area (Å²) in [6.07, 6.45) is 4.50. The fourth-order valence-electron chi connectivity index (χ4n) is 10.2. The molecule has 0 atom stereocenters. The van der Waals surface area contributed by atoms with Gasteiger partial charge in [0.15, 0.2) is 0 Å². The van der Waals surface area contributed by atoms with Gasteiger partial charge in [-0.1, -0.05) is 165 Å². The van der Waals surface area contributed by atoms with Crippen LogP contribution < -0.4 is 9.80 Å². The lowest BCUT2D eigenvalue weighted by molar-refractivity contribution is 0.659. The second-order valence-electron chi connectivity index (χ2n) is 17.5. The summed E-state index contributed by atoms with van der Waals surface area (Å²) in [6, 6.07) is 73.9. The van der Waals surface area contributed by atoms with E-state index >= 15 is 0 Å². The lowest BCUT2D eigenvalue weighted by atomic mass is 9.81. The smallest absolute Gasteiger partial charge is 0.0703 e. The largest absolute Gasteiger partial charge is 0.306 e. The summed E-state index contributed by atoms with van der Waals surface area (Å²) in [6.45, 7) is 6.89. The summed E-state index contributed by atoms with van der Waals surface area (Å²) >= 11 is 0. The molecule has 1 aliphatic carbocycles. The molecule has 0 N–H and O–H groups in total. The quantitative estimate of drug-likeness (QED) is 0.127. The van der Waals surface area contributed by atoms with Crippen LogP contribution in [0.15, 0.2) is 200 Å². The number of aryl methyl sites for hydroxylation is 1. The average Bonchev–Trinajstić information content (AvgIpc) is 3.53. The van der Waals surface area contributed by atoms with Crippen LogP contribution in [0.5, 0.6) is 0 Å². The van der Waals surface area contributed by atoms with E-state index in [0.29, 0.717) is 0 Å². The molecule has 10 aromatic carbocycles. The highest BCUT2D eigenvalue weighted by Gasteiger charge is 2.35. The fourth-order valence-corrected chi connectivity index (χ4v) is 10.2. The summed E-state index contributed by atoms with van der Waals surface area (Å²) in [4.78, 5) is 4.78. The number of anilines is 6. The van der Waals surface area contributed by atoms with E-state index in [9.17, 15) is 0 Å². The SMILES string of the molecule is Cc1ccc2c(c1)C(C)(C)c1cc(/C=C/c3ccc4cc(-c5ccc6c(ccc7cc(N8c9ccccc9N(c9ccccc9)c9ccccc98)ccc76)c5)ccc4c3)ccc1-2. The molecule has 1 aliphatic heterocycles. The minimum atomic E-state index is -0.00790. The Morgan fingerprint density at radius 2 is 0.855 bits per heavy atom. The van der Waals surface area contributed by atoms with Crippen LogP contribution in [0.2, 0.25) is 0 Å². The summed E-state index contributed by atoms with van der Waals surface area (Å²) < 4.78 is 0. The van der Waals surface area contributed by atoms with Crippen molar-refractivity contribution >= 4 is 78.6 Å². The first-order valence-corrected chi connectivity index (χ1v) is 21.7. The zero-order valence-electron chi connectivity index (χ0n) is 35.1. The zero-order valence-corrected chi connectivity index (χ0v) is 35.1. The maximum absolute atomic E-state index is 2.41. The molecule has 10 aromatic rings. The molecule has 0 bridgehead atoms. The van der Waals surface area contributed by atoms with Crippen LogP contribution in [-0.4, -0.2) is 0 Å². The van der Waals surface area contributed by atoms with Gasteiger partial charge in [0, 0.05) is 16.8 Å². The van der Waals surface area contributed by atoms with Crippen molar-refractivity contribution in [2.75, 3.05) is 9.80 Å². The van der Waals surface area contributed by atoms with Crippen molar-refractivity contribution < 1.29 is 0 Å². The summed E-state index contributed by atoms with van der Waals surface area (Å²) in [5.74, 6) is 0. The first kappa shape index (κ1) is 36.2. The second kappa shape index (κ2) is 13.9. The Morgan fingerprint density at radius 3 is 1.55 bits per heavy atom. The van der Waals surface area contributed by atoms with Gasteiger partial charge in [-0.2, -0.15) is 0 Å². The molecule has 294 valence electrons. The molecule has 2 aliphatic rings. The molecule has 0 aromatic heterocycles. The van der Waals surface area contributed by atoms with Crippen LogP contribution in [0.1, 0.15) is 41.7 Å². The van der Waals surface area contributed by atoms with Crippen molar-refractivity contribution in [1.82, 2.24) is 0 Å². The van der Waals surface area contributed by atoms with Gasteiger partial charge in [-0.3, -0.25) is 0 Å². The van der Waals surface area contributed by atoms with Crippen LogP contribution in [0, 0.1) is 6.92 Å². The van der Waals surface area contributed by atoms with Crippen molar-refractivity contribution in [3.63, 3.8) is 0 Å². The topological polar surface area (TPSA) is 6.48 Å². The van der Waals surface area contributed by atoms with Gasteiger partial charge in [0.25, 0.3) is 0 Å². The van der Waals surface area contributed by atoms with Crippen LogP contribution in [0.25, 0.3) is 66.7 Å². The van der Waals surface area contributed by atoms with E-state index in [2.05, 4.69) is 243 Å². The minimum absolute atomic E-state index is 0.00790. The van der Waals surface area contributed by atoms with E-state index in [0.717, 1.165) is 34.1 Å². The molecule has 62 heavy (non-hydrogen) atoms. The van der Waals surface area contributed by atoms with Gasteiger partial charge in [0.2, 0.25) is 0 Å². The van der Waals surface area contributed by atoms with E-state index in [1.807, 2.05) is 0 Å². The highest BCUT2D eigenvalue weighted by molar-refractivity contribution is 6.10.